The number of anilines is 1. The quantitative estimate of drug-likeness (QED) is 0.673. The molecule has 2 N–H and O–H groups in total. The van der Waals surface area contributed by atoms with Gasteiger partial charge in [0.05, 0.1) is 24.1 Å². The van der Waals surface area contributed by atoms with Gasteiger partial charge in [-0.15, -0.1) is 0 Å². The topological polar surface area (TPSA) is 95.0 Å². The molecule has 0 aliphatic carbocycles. The van der Waals surface area contributed by atoms with Crippen LogP contribution in [0.15, 0.2) is 47.5 Å². The molecule has 0 fully saturated rings. The van der Waals surface area contributed by atoms with E-state index in [2.05, 4.69) is 4.98 Å². The van der Waals surface area contributed by atoms with Gasteiger partial charge in [-0.05, 0) is 24.3 Å². The van der Waals surface area contributed by atoms with Crippen molar-refractivity contribution in [2.45, 2.75) is 4.90 Å². The number of nitrogens with one attached hydrogen (secondary N) is 2. The van der Waals surface area contributed by atoms with Gasteiger partial charge in [-0.1, -0.05) is 6.07 Å². The average molecular weight is 407 g/mol. The van der Waals surface area contributed by atoms with Crippen molar-refractivity contribution in [2.24, 2.45) is 0 Å². The first-order valence-electron chi connectivity index (χ1n) is 7.70. The monoisotopic (exact) mass is 407 g/mol. The lowest BCUT2D eigenvalue weighted by Gasteiger charge is -2.09. The standard InChI is InChI=1S/C18H12F3N3O3S/c1-27-18-12(3-2-4-13(18)19)16-6-11(9-23-16)28(25,26)24-17-7-14(20)10(8-22)5-15(17)21/h2-7,9,23-24H,1H3. The molecule has 1 heterocycles. The third kappa shape index (κ3) is 3.52. The zero-order chi connectivity index (χ0) is 20.5. The Balaban J connectivity index is 1.97. The number of nitriles is 1. The first-order valence-corrected chi connectivity index (χ1v) is 9.18. The minimum absolute atomic E-state index is 0.0820. The third-order valence-corrected chi connectivity index (χ3v) is 5.19. The first-order chi connectivity index (χ1) is 13.3. The van der Waals surface area contributed by atoms with Gasteiger partial charge < -0.3 is 9.72 Å². The molecule has 144 valence electrons. The predicted octanol–water partition coefficient (Wildman–Crippen LogP) is 3.78. The summed E-state index contributed by atoms with van der Waals surface area (Å²) < 4.78 is 73.4. The molecule has 0 amide bonds. The van der Waals surface area contributed by atoms with Crippen molar-refractivity contribution in [3.63, 3.8) is 0 Å². The molecule has 0 aliphatic rings. The second-order valence-corrected chi connectivity index (χ2v) is 7.28. The number of nitrogens with zero attached hydrogens (tertiary/aromatic N) is 1. The number of sulfonamides is 1. The third-order valence-electron chi connectivity index (χ3n) is 3.85. The Morgan fingerprint density at radius 2 is 1.86 bits per heavy atom. The molecule has 0 radical (unpaired) electrons. The molecular weight excluding hydrogens is 395 g/mol. The molecule has 0 saturated heterocycles. The highest BCUT2D eigenvalue weighted by molar-refractivity contribution is 7.92. The number of ether oxygens (including phenoxy) is 1. The van der Waals surface area contributed by atoms with Gasteiger partial charge in [0.15, 0.2) is 11.6 Å². The van der Waals surface area contributed by atoms with Crippen molar-refractivity contribution in [1.29, 1.82) is 5.26 Å². The van der Waals surface area contributed by atoms with Gasteiger partial charge in [0.1, 0.15) is 22.6 Å². The summed E-state index contributed by atoms with van der Waals surface area (Å²) in [5.74, 6) is -2.89. The number of hydrogen-bond acceptors (Lipinski definition) is 4. The van der Waals surface area contributed by atoms with E-state index in [1.54, 1.807) is 0 Å². The molecule has 0 aliphatic heterocycles. The smallest absolute Gasteiger partial charge is 0.263 e. The van der Waals surface area contributed by atoms with Crippen molar-refractivity contribution in [1.82, 2.24) is 4.98 Å². The number of methoxy groups -OCH3 is 1. The fraction of sp³-hybridized carbons (Fsp3) is 0.0556. The normalized spacial score (nSPS) is 11.1. The van der Waals surface area contributed by atoms with Gasteiger partial charge in [0.25, 0.3) is 10.0 Å². The van der Waals surface area contributed by atoms with Crippen LogP contribution < -0.4 is 9.46 Å². The molecule has 0 unspecified atom stereocenters. The maximum Gasteiger partial charge on any atom is 0.263 e. The van der Waals surface area contributed by atoms with Gasteiger partial charge in [-0.2, -0.15) is 5.26 Å². The van der Waals surface area contributed by atoms with E-state index in [1.807, 2.05) is 4.72 Å². The van der Waals surface area contributed by atoms with Gasteiger partial charge in [0.2, 0.25) is 0 Å². The minimum Gasteiger partial charge on any atom is -0.493 e. The van der Waals surface area contributed by atoms with Crippen molar-refractivity contribution < 1.29 is 26.3 Å². The zero-order valence-electron chi connectivity index (χ0n) is 14.3. The number of rotatable bonds is 5. The molecule has 0 bridgehead atoms. The molecule has 1 aromatic heterocycles. The van der Waals surface area contributed by atoms with E-state index in [4.69, 9.17) is 10.00 Å². The van der Waals surface area contributed by atoms with Gasteiger partial charge in [-0.3, -0.25) is 4.72 Å². The Labute approximate surface area is 158 Å². The first kappa shape index (κ1) is 19.3. The van der Waals surface area contributed by atoms with Crippen LogP contribution in [0.5, 0.6) is 5.75 Å². The lowest BCUT2D eigenvalue weighted by Crippen LogP contribution is -2.13. The Kier molecular flexibility index (Phi) is 5.02. The number of hydrogen-bond donors (Lipinski definition) is 2. The van der Waals surface area contributed by atoms with E-state index in [1.165, 1.54) is 37.4 Å². The summed E-state index contributed by atoms with van der Waals surface area (Å²) in [5, 5.41) is 8.68. The summed E-state index contributed by atoms with van der Waals surface area (Å²) in [4.78, 5) is 2.39. The van der Waals surface area contributed by atoms with Gasteiger partial charge in [0, 0.05) is 17.8 Å². The molecule has 3 aromatic rings. The number of aromatic amines is 1. The molecular formula is C18H12F3N3O3S. The van der Waals surface area contributed by atoms with Crippen molar-refractivity contribution >= 4 is 15.7 Å². The maximum atomic E-state index is 14.0. The second-order valence-electron chi connectivity index (χ2n) is 5.60. The number of halogens is 3. The molecule has 0 saturated carbocycles. The highest BCUT2D eigenvalue weighted by atomic mass is 32.2. The van der Waals surface area contributed by atoms with Crippen LogP contribution in [0, 0.1) is 28.8 Å². The summed E-state index contributed by atoms with van der Waals surface area (Å²) in [6.45, 7) is 0. The predicted molar refractivity (Wildman–Crippen MR) is 94.6 cm³/mol. The maximum absolute atomic E-state index is 14.0. The highest BCUT2D eigenvalue weighted by Crippen LogP contribution is 2.33. The summed E-state index contributed by atoms with van der Waals surface area (Å²) in [6, 6.07) is 7.95. The van der Waals surface area contributed by atoms with Gasteiger partial charge in [-0.25, -0.2) is 21.6 Å². The summed E-state index contributed by atoms with van der Waals surface area (Å²) in [7, 11) is -3.02. The van der Waals surface area contributed by atoms with Crippen LogP contribution in [0.3, 0.4) is 0 Å². The Hall–Kier alpha value is -3.45. The lowest BCUT2D eigenvalue weighted by atomic mass is 10.1. The Morgan fingerprint density at radius 1 is 1.11 bits per heavy atom. The van der Waals surface area contributed by atoms with Crippen molar-refractivity contribution in [3.8, 4) is 23.1 Å². The van der Waals surface area contributed by atoms with E-state index in [-0.39, 0.29) is 21.9 Å². The van der Waals surface area contributed by atoms with Crippen LogP contribution >= 0.6 is 0 Å². The Bertz CT molecular complexity index is 1200. The zero-order valence-corrected chi connectivity index (χ0v) is 15.1. The van der Waals surface area contributed by atoms with E-state index >= 15 is 0 Å². The molecule has 3 rings (SSSR count). The lowest BCUT2D eigenvalue weighted by molar-refractivity contribution is 0.388. The molecule has 10 heteroatoms. The number of H-pyrrole nitrogens is 1. The molecule has 6 nitrogen and oxygen atoms in total. The minimum atomic E-state index is -4.29. The molecule has 0 atom stereocenters. The van der Waals surface area contributed by atoms with Gasteiger partial charge >= 0.3 is 0 Å². The summed E-state index contributed by atoms with van der Waals surface area (Å²) in [6.07, 6.45) is 1.11. The second kappa shape index (κ2) is 7.28. The van der Waals surface area contributed by atoms with Crippen LogP contribution in [-0.2, 0) is 10.0 Å². The molecule has 2 aromatic carbocycles. The highest BCUT2D eigenvalue weighted by Gasteiger charge is 2.21. The molecule has 28 heavy (non-hydrogen) atoms. The van der Waals surface area contributed by atoms with Crippen LogP contribution in [0.2, 0.25) is 0 Å². The van der Waals surface area contributed by atoms with Crippen LogP contribution in [-0.4, -0.2) is 20.5 Å². The van der Waals surface area contributed by atoms with Crippen LogP contribution in [0.1, 0.15) is 5.56 Å². The molecule has 0 spiro atoms. The number of benzene rings is 2. The summed E-state index contributed by atoms with van der Waals surface area (Å²) >= 11 is 0. The van der Waals surface area contributed by atoms with Crippen molar-refractivity contribution in [2.75, 3.05) is 11.8 Å². The van der Waals surface area contributed by atoms with Crippen molar-refractivity contribution in [3.05, 3.63) is 65.6 Å². The van der Waals surface area contributed by atoms with E-state index in [9.17, 15) is 21.6 Å². The van der Waals surface area contributed by atoms with E-state index in [0.29, 0.717) is 12.1 Å². The average Bonchev–Trinajstić information content (AvgIpc) is 3.15. The van der Waals surface area contributed by atoms with E-state index in [0.717, 1.165) is 6.20 Å². The van der Waals surface area contributed by atoms with Crippen LogP contribution in [0.4, 0.5) is 18.9 Å². The Morgan fingerprint density at radius 3 is 2.54 bits per heavy atom. The number of para-hydroxylation sites is 1. The van der Waals surface area contributed by atoms with E-state index < -0.39 is 38.7 Å². The SMILES string of the molecule is COc1c(F)cccc1-c1cc(S(=O)(=O)Nc2cc(F)c(C#N)cc2F)c[nH]1. The fourth-order valence-corrected chi connectivity index (χ4v) is 3.58. The largest absolute Gasteiger partial charge is 0.493 e. The number of aromatic nitrogens is 1. The van der Waals surface area contributed by atoms with Crippen LogP contribution in [0.25, 0.3) is 11.3 Å². The summed E-state index contributed by atoms with van der Waals surface area (Å²) in [5.41, 5.74) is -0.687. The fourth-order valence-electron chi connectivity index (χ4n) is 2.53.